The molecule has 2 amide bonds. The molecule has 6 nitrogen and oxygen atoms in total. The molecule has 0 saturated carbocycles. The Morgan fingerprint density at radius 1 is 1.50 bits per heavy atom. The van der Waals surface area contributed by atoms with E-state index in [1.165, 1.54) is 6.21 Å². The van der Waals surface area contributed by atoms with E-state index in [0.29, 0.717) is 10.7 Å². The van der Waals surface area contributed by atoms with Crippen molar-refractivity contribution >= 4 is 29.5 Å². The number of hydrogen-bond donors (Lipinski definition) is 4. The van der Waals surface area contributed by atoms with Crippen LogP contribution in [0.1, 0.15) is 13.8 Å². The van der Waals surface area contributed by atoms with Crippen molar-refractivity contribution < 1.29 is 10.0 Å². The molecule has 1 rings (SSSR count). The van der Waals surface area contributed by atoms with Crippen LogP contribution in [-0.4, -0.2) is 23.0 Å². The summed E-state index contributed by atoms with van der Waals surface area (Å²) in [5.41, 5.74) is 5.03. The van der Waals surface area contributed by atoms with Gasteiger partial charge in [-0.05, 0) is 32.0 Å². The van der Waals surface area contributed by atoms with Gasteiger partial charge in [-0.2, -0.15) is 0 Å². The summed E-state index contributed by atoms with van der Waals surface area (Å²) in [6, 6.07) is 6.33. The first-order chi connectivity index (χ1) is 8.43. The number of hydrogen-bond acceptors (Lipinski definition) is 4. The lowest BCUT2D eigenvalue weighted by molar-refractivity contribution is 0.244. The number of hydrazine groups is 1. The summed E-state index contributed by atoms with van der Waals surface area (Å²) in [5.74, 6) is 0. The van der Waals surface area contributed by atoms with Crippen molar-refractivity contribution in [3.63, 3.8) is 0 Å². The number of urea groups is 1. The normalized spacial score (nSPS) is 11.5. The quantitative estimate of drug-likeness (QED) is 0.384. The van der Waals surface area contributed by atoms with E-state index in [-0.39, 0.29) is 0 Å². The van der Waals surface area contributed by atoms with Crippen molar-refractivity contribution in [1.82, 2.24) is 10.9 Å². The minimum absolute atomic E-state index is 0.448. The zero-order chi connectivity index (χ0) is 13.6. The number of nitrogens with one attached hydrogen (secondary N) is 3. The largest absolute Gasteiger partial charge is 0.411 e. The van der Waals surface area contributed by atoms with Gasteiger partial charge >= 0.3 is 6.03 Å². The fraction of sp³-hybridized carbons (Fsp3) is 0.273. The van der Waals surface area contributed by atoms with Crippen molar-refractivity contribution in [2.45, 2.75) is 19.4 Å². The van der Waals surface area contributed by atoms with Crippen molar-refractivity contribution in [3.8, 4) is 0 Å². The summed E-state index contributed by atoms with van der Waals surface area (Å²) in [7, 11) is 0. The molecule has 4 N–H and O–H groups in total. The van der Waals surface area contributed by atoms with Crippen LogP contribution in [0.25, 0.3) is 0 Å². The van der Waals surface area contributed by atoms with Gasteiger partial charge in [-0.1, -0.05) is 17.7 Å². The molecule has 0 aromatic heterocycles. The van der Waals surface area contributed by atoms with Crippen molar-refractivity contribution in [2.24, 2.45) is 5.16 Å². The molecule has 7 heteroatoms. The van der Waals surface area contributed by atoms with E-state index < -0.39 is 11.6 Å². The van der Waals surface area contributed by atoms with Gasteiger partial charge in [0.1, 0.15) is 0 Å². The molecular weight excluding hydrogens is 256 g/mol. The first-order valence-corrected chi connectivity index (χ1v) is 5.59. The number of rotatable bonds is 4. The first-order valence-electron chi connectivity index (χ1n) is 5.21. The molecule has 1 aromatic carbocycles. The van der Waals surface area contributed by atoms with Crippen molar-refractivity contribution in [2.75, 3.05) is 5.32 Å². The average Bonchev–Trinajstić information content (AvgIpc) is 2.26. The molecule has 98 valence electrons. The van der Waals surface area contributed by atoms with Gasteiger partial charge in [-0.15, -0.1) is 5.16 Å². The van der Waals surface area contributed by atoms with Crippen LogP contribution in [0.4, 0.5) is 10.5 Å². The van der Waals surface area contributed by atoms with E-state index in [2.05, 4.69) is 21.3 Å². The molecule has 0 aliphatic carbocycles. The summed E-state index contributed by atoms with van der Waals surface area (Å²) in [5, 5.41) is 14.5. The predicted octanol–water partition coefficient (Wildman–Crippen LogP) is 2.20. The summed E-state index contributed by atoms with van der Waals surface area (Å²) in [4.78, 5) is 11.5. The molecule has 0 heterocycles. The van der Waals surface area contributed by atoms with Gasteiger partial charge < -0.3 is 10.5 Å². The van der Waals surface area contributed by atoms with Crippen LogP contribution in [0, 0.1) is 0 Å². The predicted molar refractivity (Wildman–Crippen MR) is 71.1 cm³/mol. The molecule has 0 saturated heterocycles. The van der Waals surface area contributed by atoms with Crippen LogP contribution in [-0.2, 0) is 0 Å². The van der Waals surface area contributed by atoms with Gasteiger partial charge in [0.25, 0.3) is 0 Å². The number of anilines is 1. The Bertz CT molecular complexity index is 448. The average molecular weight is 271 g/mol. The third-order valence-corrected chi connectivity index (χ3v) is 2.20. The highest BCUT2D eigenvalue weighted by Crippen LogP contribution is 2.14. The molecule has 0 atom stereocenters. The fourth-order valence-electron chi connectivity index (χ4n) is 1.12. The van der Waals surface area contributed by atoms with Crippen molar-refractivity contribution in [1.29, 1.82) is 0 Å². The molecule has 0 spiro atoms. The third-order valence-electron chi connectivity index (χ3n) is 1.96. The number of carbonyl (C=O) groups excluding carboxylic acids is 1. The molecule has 0 bridgehead atoms. The smallest absolute Gasteiger partial charge is 0.333 e. The summed E-state index contributed by atoms with van der Waals surface area (Å²) in [6.45, 7) is 3.46. The Morgan fingerprint density at radius 2 is 2.22 bits per heavy atom. The van der Waals surface area contributed by atoms with E-state index in [1.807, 2.05) is 0 Å². The number of oxime groups is 1. The fourth-order valence-corrected chi connectivity index (χ4v) is 1.31. The summed E-state index contributed by atoms with van der Waals surface area (Å²) >= 11 is 5.79. The molecule has 0 radical (unpaired) electrons. The maximum atomic E-state index is 11.5. The minimum atomic E-state index is -0.666. The Hall–Kier alpha value is -1.79. The summed E-state index contributed by atoms with van der Waals surface area (Å²) in [6.07, 6.45) is 1.26. The number of nitrogens with zero attached hydrogens (tertiary/aromatic N) is 1. The van der Waals surface area contributed by atoms with Gasteiger partial charge in [0, 0.05) is 10.7 Å². The zero-order valence-corrected chi connectivity index (χ0v) is 10.8. The van der Waals surface area contributed by atoms with Crippen molar-refractivity contribution in [3.05, 3.63) is 29.3 Å². The van der Waals surface area contributed by atoms with Gasteiger partial charge in [-0.25, -0.2) is 10.2 Å². The molecule has 18 heavy (non-hydrogen) atoms. The maximum Gasteiger partial charge on any atom is 0.333 e. The molecular formula is C11H15ClN4O2. The first kappa shape index (κ1) is 14.3. The lowest BCUT2D eigenvalue weighted by atomic mass is 10.1. The number of amides is 2. The van der Waals surface area contributed by atoms with Gasteiger partial charge in [-0.3, -0.25) is 5.43 Å². The number of carbonyl (C=O) groups is 1. The van der Waals surface area contributed by atoms with E-state index in [1.54, 1.807) is 38.1 Å². The molecule has 0 aliphatic rings. The Labute approximate surface area is 110 Å². The van der Waals surface area contributed by atoms with E-state index in [0.717, 1.165) is 0 Å². The molecule has 1 aromatic rings. The Kier molecular flexibility index (Phi) is 4.94. The standard InChI is InChI=1S/C11H15ClN4O2/c1-11(2,7-13-18)16-15-10(17)14-9-5-3-4-8(12)6-9/h3-7,16,18H,1-2H3,(H2,14,15,17)/b13-7+. The lowest BCUT2D eigenvalue weighted by Crippen LogP contribution is -2.52. The number of benzene rings is 1. The molecule has 0 unspecified atom stereocenters. The van der Waals surface area contributed by atoms with Gasteiger partial charge in [0.2, 0.25) is 0 Å². The summed E-state index contributed by atoms with van der Waals surface area (Å²) < 4.78 is 0. The van der Waals surface area contributed by atoms with Crippen LogP contribution in [0.5, 0.6) is 0 Å². The molecule has 0 fully saturated rings. The second-order valence-electron chi connectivity index (χ2n) is 4.18. The third kappa shape index (κ3) is 5.03. The highest BCUT2D eigenvalue weighted by Gasteiger charge is 2.15. The van der Waals surface area contributed by atoms with Crippen LogP contribution < -0.4 is 16.2 Å². The second kappa shape index (κ2) is 6.23. The van der Waals surface area contributed by atoms with Crippen LogP contribution in [0.2, 0.25) is 5.02 Å². The van der Waals surface area contributed by atoms with Crippen LogP contribution >= 0.6 is 11.6 Å². The van der Waals surface area contributed by atoms with Gasteiger partial charge in [0.05, 0.1) is 11.8 Å². The SMILES string of the molecule is CC(C)(/C=N/O)NNC(=O)Nc1cccc(Cl)c1. The van der Waals surface area contributed by atoms with E-state index in [4.69, 9.17) is 16.8 Å². The number of halogens is 1. The second-order valence-corrected chi connectivity index (χ2v) is 4.62. The van der Waals surface area contributed by atoms with Crippen LogP contribution in [0.3, 0.4) is 0 Å². The maximum absolute atomic E-state index is 11.5. The topological polar surface area (TPSA) is 85.8 Å². The molecule has 0 aliphatic heterocycles. The van der Waals surface area contributed by atoms with Gasteiger partial charge in [0.15, 0.2) is 0 Å². The van der Waals surface area contributed by atoms with E-state index >= 15 is 0 Å². The Morgan fingerprint density at radius 3 is 2.83 bits per heavy atom. The highest BCUT2D eigenvalue weighted by atomic mass is 35.5. The minimum Gasteiger partial charge on any atom is -0.411 e. The zero-order valence-electron chi connectivity index (χ0n) is 10.1. The lowest BCUT2D eigenvalue weighted by Gasteiger charge is -2.21. The Balaban J connectivity index is 2.48. The monoisotopic (exact) mass is 270 g/mol. The van der Waals surface area contributed by atoms with Crippen LogP contribution in [0.15, 0.2) is 29.4 Å². The van der Waals surface area contributed by atoms with E-state index in [9.17, 15) is 4.79 Å². The highest BCUT2D eigenvalue weighted by molar-refractivity contribution is 6.30.